The molecule has 26 heavy (non-hydrogen) atoms. The molecule has 2 N–H and O–H groups in total. The number of ether oxygens (including phenoxy) is 1. The first-order valence-electron chi connectivity index (χ1n) is 8.25. The second-order valence-corrected chi connectivity index (χ2v) is 5.47. The summed E-state index contributed by atoms with van der Waals surface area (Å²) in [6.07, 6.45) is -1.77. The van der Waals surface area contributed by atoms with Crippen molar-refractivity contribution in [2.45, 2.75) is 38.9 Å². The van der Waals surface area contributed by atoms with Crippen molar-refractivity contribution < 1.29 is 22.3 Å². The Bertz CT molecular complexity index is 553. The molecule has 0 bridgehead atoms. The fourth-order valence-electron chi connectivity index (χ4n) is 2.21. The van der Waals surface area contributed by atoms with E-state index in [1.54, 1.807) is 7.11 Å². The molecule has 0 atom stereocenters. The van der Waals surface area contributed by atoms with Crippen molar-refractivity contribution in [1.29, 1.82) is 0 Å². The van der Waals surface area contributed by atoms with Crippen molar-refractivity contribution in [2.75, 3.05) is 26.8 Å². The van der Waals surface area contributed by atoms with Crippen LogP contribution >= 0.6 is 24.0 Å². The Morgan fingerprint density at radius 1 is 1.15 bits per heavy atom. The van der Waals surface area contributed by atoms with Gasteiger partial charge in [-0.2, -0.15) is 13.2 Å². The minimum absolute atomic E-state index is 0. The zero-order valence-electron chi connectivity index (χ0n) is 15.0. The lowest BCUT2D eigenvalue weighted by Gasteiger charge is -2.14. The number of rotatable bonds is 9. The minimum atomic E-state index is -4.61. The smallest absolute Gasteiger partial charge is 0.385 e. The van der Waals surface area contributed by atoms with Crippen LogP contribution in [0.3, 0.4) is 0 Å². The highest BCUT2D eigenvalue weighted by molar-refractivity contribution is 14.0. The first-order valence-corrected chi connectivity index (χ1v) is 8.25. The van der Waals surface area contributed by atoms with Crippen molar-refractivity contribution >= 4 is 29.9 Å². The van der Waals surface area contributed by atoms with Gasteiger partial charge in [0, 0.05) is 26.8 Å². The molecule has 0 aliphatic carbocycles. The molecule has 0 aromatic heterocycles. The van der Waals surface area contributed by atoms with Gasteiger partial charge in [0.15, 0.2) is 5.96 Å². The maximum Gasteiger partial charge on any atom is 0.416 e. The molecule has 0 radical (unpaired) electrons. The Morgan fingerprint density at radius 2 is 1.88 bits per heavy atom. The van der Waals surface area contributed by atoms with Gasteiger partial charge in [-0.05, 0) is 43.9 Å². The monoisotopic (exact) mass is 491 g/mol. The number of alkyl halides is 3. The van der Waals surface area contributed by atoms with Crippen molar-refractivity contribution in [2.24, 2.45) is 4.99 Å². The van der Waals surface area contributed by atoms with Crippen LogP contribution in [0.15, 0.2) is 23.2 Å². The summed E-state index contributed by atoms with van der Waals surface area (Å²) in [5.41, 5.74) is -1.06. The quantitative estimate of drug-likeness (QED) is 0.178. The molecule has 4 nitrogen and oxygen atoms in total. The van der Waals surface area contributed by atoms with Gasteiger partial charge < -0.3 is 15.4 Å². The van der Waals surface area contributed by atoms with Gasteiger partial charge in [-0.1, -0.05) is 6.07 Å². The van der Waals surface area contributed by atoms with Gasteiger partial charge in [0.25, 0.3) is 0 Å². The molecule has 9 heteroatoms. The molecule has 1 aromatic rings. The van der Waals surface area contributed by atoms with Crippen LogP contribution in [-0.2, 0) is 17.5 Å². The predicted molar refractivity (Wildman–Crippen MR) is 105 cm³/mol. The fourth-order valence-corrected chi connectivity index (χ4v) is 2.21. The highest BCUT2D eigenvalue weighted by Crippen LogP contribution is 2.32. The number of guanidine groups is 1. The van der Waals surface area contributed by atoms with Gasteiger partial charge in [-0.25, -0.2) is 9.38 Å². The number of nitrogens with one attached hydrogen (secondary N) is 2. The zero-order valence-corrected chi connectivity index (χ0v) is 17.3. The van der Waals surface area contributed by atoms with Crippen LogP contribution in [-0.4, -0.2) is 32.8 Å². The SMILES string of the molecule is CCNC(=NCc1ccc(F)cc1C(F)(F)F)NCCCCCOC.I. The van der Waals surface area contributed by atoms with Crippen LogP contribution < -0.4 is 10.6 Å². The Hall–Kier alpha value is -1.10. The molecule has 1 rings (SSSR count). The maximum absolute atomic E-state index is 13.1. The van der Waals surface area contributed by atoms with Crippen LogP contribution in [0, 0.1) is 5.82 Å². The number of aliphatic imine (C=N–C) groups is 1. The number of methoxy groups -OCH3 is 1. The van der Waals surface area contributed by atoms with Gasteiger partial charge in [0.05, 0.1) is 12.1 Å². The molecule has 0 spiro atoms. The molecule has 1 aromatic carbocycles. The third-order valence-corrected chi connectivity index (χ3v) is 3.45. The lowest BCUT2D eigenvalue weighted by Crippen LogP contribution is -2.37. The van der Waals surface area contributed by atoms with Crippen molar-refractivity contribution in [3.8, 4) is 0 Å². The molecule has 0 aliphatic heterocycles. The standard InChI is InChI=1S/C17H25F4N3O.HI/c1-3-22-16(23-9-5-4-6-10-25-2)24-12-13-7-8-14(18)11-15(13)17(19,20)21;/h7-8,11H,3-6,9-10,12H2,1-2H3,(H2,22,23,24);1H. The van der Waals surface area contributed by atoms with E-state index < -0.39 is 17.6 Å². The van der Waals surface area contributed by atoms with E-state index in [2.05, 4.69) is 15.6 Å². The van der Waals surface area contributed by atoms with Crippen LogP contribution in [0.2, 0.25) is 0 Å². The Kier molecular flexibility index (Phi) is 12.6. The Balaban J connectivity index is 0.00000625. The summed E-state index contributed by atoms with van der Waals surface area (Å²) in [5, 5.41) is 6.06. The van der Waals surface area contributed by atoms with Crippen LogP contribution in [0.1, 0.15) is 37.3 Å². The molecule has 0 unspecified atom stereocenters. The molecule has 0 heterocycles. The van der Waals surface area contributed by atoms with Gasteiger partial charge in [-0.15, -0.1) is 24.0 Å². The van der Waals surface area contributed by atoms with Crippen LogP contribution in [0.25, 0.3) is 0 Å². The summed E-state index contributed by atoms with van der Waals surface area (Å²) in [6, 6.07) is 2.63. The van der Waals surface area contributed by atoms with Gasteiger partial charge in [0.2, 0.25) is 0 Å². The summed E-state index contributed by atoms with van der Waals surface area (Å²) < 4.78 is 57.1. The second-order valence-electron chi connectivity index (χ2n) is 5.47. The predicted octanol–water partition coefficient (Wildman–Crippen LogP) is 4.33. The molecule has 0 saturated carbocycles. The summed E-state index contributed by atoms with van der Waals surface area (Å²) >= 11 is 0. The number of benzene rings is 1. The lowest BCUT2D eigenvalue weighted by atomic mass is 10.1. The number of hydrogen-bond acceptors (Lipinski definition) is 2. The first-order chi connectivity index (χ1) is 11.9. The largest absolute Gasteiger partial charge is 0.416 e. The maximum atomic E-state index is 13.1. The molecular weight excluding hydrogens is 465 g/mol. The van der Waals surface area contributed by atoms with E-state index in [1.165, 1.54) is 0 Å². The molecule has 0 amide bonds. The van der Waals surface area contributed by atoms with Gasteiger partial charge in [0.1, 0.15) is 5.82 Å². The molecule has 0 saturated heterocycles. The molecular formula is C17H26F4IN3O. The summed E-state index contributed by atoms with van der Waals surface area (Å²) in [7, 11) is 1.65. The van der Waals surface area contributed by atoms with Crippen LogP contribution in [0.4, 0.5) is 17.6 Å². The van der Waals surface area contributed by atoms with Gasteiger partial charge in [-0.3, -0.25) is 0 Å². The zero-order chi connectivity index (χ0) is 18.7. The first kappa shape index (κ1) is 24.9. The van der Waals surface area contributed by atoms with Crippen molar-refractivity contribution in [1.82, 2.24) is 10.6 Å². The number of halogens is 5. The third-order valence-electron chi connectivity index (χ3n) is 3.45. The topological polar surface area (TPSA) is 45.7 Å². The van der Waals surface area contributed by atoms with E-state index in [1.807, 2.05) is 6.92 Å². The second kappa shape index (κ2) is 13.1. The third kappa shape index (κ3) is 9.56. The highest BCUT2D eigenvalue weighted by atomic mass is 127. The average Bonchev–Trinajstić information content (AvgIpc) is 2.55. The average molecular weight is 491 g/mol. The minimum Gasteiger partial charge on any atom is -0.385 e. The van der Waals surface area contributed by atoms with Crippen molar-refractivity contribution in [3.05, 3.63) is 35.1 Å². The van der Waals surface area contributed by atoms with E-state index in [4.69, 9.17) is 4.74 Å². The normalized spacial score (nSPS) is 11.8. The Morgan fingerprint density at radius 3 is 2.50 bits per heavy atom. The summed E-state index contributed by atoms with van der Waals surface area (Å²) in [5.74, 6) is -0.479. The molecule has 0 aliphatic rings. The number of unbranched alkanes of at least 4 members (excludes halogenated alkanes) is 2. The molecule has 150 valence electrons. The summed E-state index contributed by atoms with van der Waals surface area (Å²) in [4.78, 5) is 4.17. The summed E-state index contributed by atoms with van der Waals surface area (Å²) in [6.45, 7) is 3.64. The van der Waals surface area contributed by atoms with E-state index in [0.717, 1.165) is 31.4 Å². The highest BCUT2D eigenvalue weighted by Gasteiger charge is 2.33. The van der Waals surface area contributed by atoms with E-state index >= 15 is 0 Å². The van der Waals surface area contributed by atoms with Crippen LogP contribution in [0.5, 0.6) is 0 Å². The van der Waals surface area contributed by atoms with Crippen molar-refractivity contribution in [3.63, 3.8) is 0 Å². The van der Waals surface area contributed by atoms with Gasteiger partial charge >= 0.3 is 6.18 Å². The number of hydrogen-bond donors (Lipinski definition) is 2. The molecule has 0 fully saturated rings. The van der Waals surface area contributed by atoms with E-state index in [0.29, 0.717) is 31.7 Å². The van der Waals surface area contributed by atoms with E-state index in [-0.39, 0.29) is 36.1 Å². The Labute approximate surface area is 168 Å². The lowest BCUT2D eigenvalue weighted by molar-refractivity contribution is -0.138. The van der Waals surface area contributed by atoms with E-state index in [9.17, 15) is 17.6 Å². The fraction of sp³-hybridized carbons (Fsp3) is 0.588. The number of nitrogens with zero attached hydrogens (tertiary/aromatic N) is 1.